The number of hydrogen-bond acceptors (Lipinski definition) is 3. The van der Waals surface area contributed by atoms with E-state index in [0.717, 1.165) is 39.1 Å². The van der Waals surface area contributed by atoms with Crippen molar-refractivity contribution in [3.8, 4) is 0 Å². The second-order valence-corrected chi connectivity index (χ2v) is 6.10. The van der Waals surface area contributed by atoms with Gasteiger partial charge in [0.15, 0.2) is 0 Å². The third kappa shape index (κ3) is 4.83. The van der Waals surface area contributed by atoms with Gasteiger partial charge in [0.05, 0.1) is 0 Å². The van der Waals surface area contributed by atoms with Crippen LogP contribution >= 0.6 is 0 Å². The lowest BCUT2D eigenvalue weighted by Crippen LogP contribution is -2.48. The number of benzene rings is 1. The molecule has 1 aromatic rings. The molecule has 1 fully saturated rings. The van der Waals surface area contributed by atoms with E-state index in [4.69, 9.17) is 5.73 Å². The van der Waals surface area contributed by atoms with Gasteiger partial charge in [-0.15, -0.1) is 0 Å². The van der Waals surface area contributed by atoms with E-state index in [2.05, 4.69) is 36.1 Å². The molecule has 1 saturated heterocycles. The molecule has 21 heavy (non-hydrogen) atoms. The number of nitrogens with zero attached hydrogens (tertiary/aromatic N) is 2. The van der Waals surface area contributed by atoms with Gasteiger partial charge in [-0.1, -0.05) is 24.3 Å². The fraction of sp³-hybridized carbons (Fsp3) is 0.588. The van der Waals surface area contributed by atoms with Crippen molar-refractivity contribution in [2.45, 2.75) is 39.3 Å². The highest BCUT2D eigenvalue weighted by molar-refractivity contribution is 5.76. The third-order valence-electron chi connectivity index (χ3n) is 4.19. The molecule has 116 valence electrons. The Morgan fingerprint density at radius 2 is 1.90 bits per heavy atom. The number of carbonyl (C=O) groups excluding carboxylic acids is 1. The largest absolute Gasteiger partial charge is 0.340 e. The fourth-order valence-electron chi connectivity index (χ4n) is 2.69. The van der Waals surface area contributed by atoms with Gasteiger partial charge in [-0.2, -0.15) is 0 Å². The number of aryl methyl sites for hydroxylation is 1. The number of nitrogens with two attached hydrogens (primary N) is 1. The molecular formula is C17H27N3O. The number of rotatable bonds is 5. The van der Waals surface area contributed by atoms with Crippen LogP contribution in [0.5, 0.6) is 0 Å². The maximum Gasteiger partial charge on any atom is 0.222 e. The van der Waals surface area contributed by atoms with Crippen molar-refractivity contribution in [1.82, 2.24) is 9.80 Å². The van der Waals surface area contributed by atoms with E-state index in [-0.39, 0.29) is 11.9 Å². The standard InChI is InChI=1S/C17H27N3O/c1-14-5-3-4-6-16(14)13-19-9-11-20(12-10-19)17(21)8-7-15(2)18/h3-6,15H,7-13,18H2,1-2H3. The second kappa shape index (κ2) is 7.57. The van der Waals surface area contributed by atoms with Crippen molar-refractivity contribution in [3.05, 3.63) is 35.4 Å². The lowest BCUT2D eigenvalue weighted by molar-refractivity contribution is -0.133. The monoisotopic (exact) mass is 289 g/mol. The molecule has 2 rings (SSSR count). The molecule has 1 unspecified atom stereocenters. The van der Waals surface area contributed by atoms with E-state index in [1.807, 2.05) is 11.8 Å². The highest BCUT2D eigenvalue weighted by Gasteiger charge is 2.21. The van der Waals surface area contributed by atoms with Gasteiger partial charge in [0, 0.05) is 45.2 Å². The summed E-state index contributed by atoms with van der Waals surface area (Å²) in [6, 6.07) is 8.62. The first-order valence-electron chi connectivity index (χ1n) is 7.86. The van der Waals surface area contributed by atoms with Crippen LogP contribution in [0.4, 0.5) is 0 Å². The normalized spacial score (nSPS) is 17.8. The van der Waals surface area contributed by atoms with Gasteiger partial charge in [-0.05, 0) is 31.4 Å². The van der Waals surface area contributed by atoms with E-state index in [0.29, 0.717) is 6.42 Å². The van der Waals surface area contributed by atoms with Gasteiger partial charge in [0.1, 0.15) is 0 Å². The fourth-order valence-corrected chi connectivity index (χ4v) is 2.69. The van der Waals surface area contributed by atoms with Crippen LogP contribution in [-0.2, 0) is 11.3 Å². The Kier molecular flexibility index (Phi) is 5.76. The Morgan fingerprint density at radius 1 is 1.24 bits per heavy atom. The lowest BCUT2D eigenvalue weighted by atomic mass is 10.1. The Labute approximate surface area is 127 Å². The highest BCUT2D eigenvalue weighted by atomic mass is 16.2. The predicted octanol–water partition coefficient (Wildman–Crippen LogP) is 1.77. The Morgan fingerprint density at radius 3 is 2.52 bits per heavy atom. The van der Waals surface area contributed by atoms with Crippen LogP contribution in [0.3, 0.4) is 0 Å². The van der Waals surface area contributed by atoms with Crippen molar-refractivity contribution >= 4 is 5.91 Å². The molecule has 1 aliphatic rings. The van der Waals surface area contributed by atoms with Gasteiger partial charge in [-0.25, -0.2) is 0 Å². The van der Waals surface area contributed by atoms with E-state index < -0.39 is 0 Å². The van der Waals surface area contributed by atoms with E-state index in [9.17, 15) is 4.79 Å². The van der Waals surface area contributed by atoms with Crippen LogP contribution in [0.15, 0.2) is 24.3 Å². The Hall–Kier alpha value is -1.39. The number of piperazine rings is 1. The number of carbonyl (C=O) groups is 1. The van der Waals surface area contributed by atoms with Gasteiger partial charge < -0.3 is 10.6 Å². The summed E-state index contributed by atoms with van der Waals surface area (Å²) in [6.45, 7) is 8.68. The van der Waals surface area contributed by atoms with Crippen molar-refractivity contribution in [3.63, 3.8) is 0 Å². The van der Waals surface area contributed by atoms with Gasteiger partial charge in [-0.3, -0.25) is 9.69 Å². The summed E-state index contributed by atoms with van der Waals surface area (Å²) in [5.41, 5.74) is 8.44. The molecule has 1 aromatic carbocycles. The molecule has 1 amide bonds. The van der Waals surface area contributed by atoms with Crippen molar-refractivity contribution in [2.75, 3.05) is 26.2 Å². The van der Waals surface area contributed by atoms with Crippen LogP contribution in [0.1, 0.15) is 30.9 Å². The molecular weight excluding hydrogens is 262 g/mol. The minimum absolute atomic E-state index is 0.108. The first-order chi connectivity index (χ1) is 10.1. The molecule has 0 saturated carbocycles. The van der Waals surface area contributed by atoms with Crippen LogP contribution in [-0.4, -0.2) is 47.9 Å². The summed E-state index contributed by atoms with van der Waals surface area (Å²) in [7, 11) is 0. The van der Waals surface area contributed by atoms with Crippen molar-refractivity contribution in [1.29, 1.82) is 0 Å². The average molecular weight is 289 g/mol. The molecule has 0 bridgehead atoms. The minimum atomic E-state index is 0.108. The molecule has 0 spiro atoms. The zero-order valence-electron chi connectivity index (χ0n) is 13.2. The molecule has 4 nitrogen and oxygen atoms in total. The SMILES string of the molecule is Cc1ccccc1CN1CCN(C(=O)CCC(C)N)CC1. The molecule has 0 aromatic heterocycles. The molecule has 4 heteroatoms. The average Bonchev–Trinajstić information content (AvgIpc) is 2.48. The summed E-state index contributed by atoms with van der Waals surface area (Å²) in [5, 5.41) is 0. The van der Waals surface area contributed by atoms with Gasteiger partial charge in [0.2, 0.25) is 5.91 Å². The zero-order valence-corrected chi connectivity index (χ0v) is 13.2. The minimum Gasteiger partial charge on any atom is -0.340 e. The zero-order chi connectivity index (χ0) is 15.2. The first-order valence-corrected chi connectivity index (χ1v) is 7.86. The summed E-state index contributed by atoms with van der Waals surface area (Å²) in [6.07, 6.45) is 1.36. The number of hydrogen-bond donors (Lipinski definition) is 1. The predicted molar refractivity (Wildman–Crippen MR) is 85.9 cm³/mol. The highest BCUT2D eigenvalue weighted by Crippen LogP contribution is 2.13. The topological polar surface area (TPSA) is 49.6 Å². The van der Waals surface area contributed by atoms with Crippen LogP contribution in [0, 0.1) is 6.92 Å². The summed E-state index contributed by atoms with van der Waals surface area (Å²) in [5.74, 6) is 0.253. The van der Waals surface area contributed by atoms with Crippen molar-refractivity contribution in [2.24, 2.45) is 5.73 Å². The molecule has 1 heterocycles. The van der Waals surface area contributed by atoms with E-state index >= 15 is 0 Å². The summed E-state index contributed by atoms with van der Waals surface area (Å²) >= 11 is 0. The Balaban J connectivity index is 1.78. The van der Waals surface area contributed by atoms with Crippen LogP contribution in [0.25, 0.3) is 0 Å². The van der Waals surface area contributed by atoms with Gasteiger partial charge >= 0.3 is 0 Å². The Bertz CT molecular complexity index is 465. The third-order valence-corrected chi connectivity index (χ3v) is 4.19. The summed E-state index contributed by atoms with van der Waals surface area (Å²) in [4.78, 5) is 16.5. The first kappa shape index (κ1) is 16.0. The molecule has 1 aliphatic heterocycles. The smallest absolute Gasteiger partial charge is 0.222 e. The molecule has 2 N–H and O–H groups in total. The second-order valence-electron chi connectivity index (χ2n) is 6.10. The van der Waals surface area contributed by atoms with E-state index in [1.165, 1.54) is 11.1 Å². The summed E-state index contributed by atoms with van der Waals surface area (Å²) < 4.78 is 0. The number of amides is 1. The molecule has 1 atom stereocenters. The maximum atomic E-state index is 12.1. The molecule has 0 aliphatic carbocycles. The van der Waals surface area contributed by atoms with Gasteiger partial charge in [0.25, 0.3) is 0 Å². The van der Waals surface area contributed by atoms with E-state index in [1.54, 1.807) is 0 Å². The van der Waals surface area contributed by atoms with Crippen LogP contribution in [0.2, 0.25) is 0 Å². The quantitative estimate of drug-likeness (QED) is 0.898. The van der Waals surface area contributed by atoms with Crippen LogP contribution < -0.4 is 5.73 Å². The molecule has 0 radical (unpaired) electrons. The van der Waals surface area contributed by atoms with Crippen molar-refractivity contribution < 1.29 is 4.79 Å². The lowest BCUT2D eigenvalue weighted by Gasteiger charge is -2.35. The maximum absolute atomic E-state index is 12.1.